The second kappa shape index (κ2) is 10.8. The van der Waals surface area contributed by atoms with Gasteiger partial charge in [0.25, 0.3) is 0 Å². The lowest BCUT2D eigenvalue weighted by Gasteiger charge is -2.37. The number of allylic oxidation sites excluding steroid dienone is 2. The van der Waals surface area contributed by atoms with Crippen molar-refractivity contribution in [3.63, 3.8) is 0 Å². The van der Waals surface area contributed by atoms with Crippen LogP contribution in [0.2, 0.25) is 0 Å². The molecule has 0 bridgehead atoms. The highest BCUT2D eigenvalue weighted by Crippen LogP contribution is 2.50. The minimum atomic E-state index is -0.421. The zero-order valence-corrected chi connectivity index (χ0v) is 24.1. The van der Waals surface area contributed by atoms with E-state index in [-0.39, 0.29) is 17.8 Å². The Morgan fingerprint density at radius 3 is 2.57 bits per heavy atom. The lowest BCUT2D eigenvalue weighted by molar-refractivity contribution is -0.118. The standard InChI is InChI=1S/C31H31N5O6/c1-31(2)13-21(37)27-24(14-31)42-30-28(26(27)19-7-9-20(38-3)10-8-19)29-34-25(35-36(29)17-32-30)16-41-33-15-18-6-11-22(39-4)23(12-18)40-5/h6-12,15,17,26H,13-14,16H2,1-5H3/b33-15-/t26-/m0/s1. The Bertz CT molecular complexity index is 1720. The summed E-state index contributed by atoms with van der Waals surface area (Å²) < 4.78 is 23.9. The maximum absolute atomic E-state index is 13.6. The molecule has 42 heavy (non-hydrogen) atoms. The van der Waals surface area contributed by atoms with Gasteiger partial charge in [-0.2, -0.15) is 0 Å². The lowest BCUT2D eigenvalue weighted by Crippen LogP contribution is -2.33. The van der Waals surface area contributed by atoms with Crippen molar-refractivity contribution in [3.05, 3.63) is 82.6 Å². The van der Waals surface area contributed by atoms with Crippen LogP contribution in [0.5, 0.6) is 23.1 Å². The van der Waals surface area contributed by atoms with Gasteiger partial charge >= 0.3 is 0 Å². The van der Waals surface area contributed by atoms with Gasteiger partial charge < -0.3 is 23.8 Å². The molecule has 0 spiro atoms. The average Bonchev–Trinajstić information content (AvgIpc) is 3.41. The summed E-state index contributed by atoms with van der Waals surface area (Å²) in [6.07, 6.45) is 4.19. The molecule has 1 aliphatic heterocycles. The van der Waals surface area contributed by atoms with E-state index in [1.165, 1.54) is 0 Å². The number of carbonyl (C=O) groups is 1. The molecule has 1 aliphatic carbocycles. The van der Waals surface area contributed by atoms with Crippen LogP contribution >= 0.6 is 0 Å². The van der Waals surface area contributed by atoms with E-state index in [0.29, 0.717) is 58.6 Å². The number of rotatable bonds is 8. The highest BCUT2D eigenvalue weighted by Gasteiger charge is 2.44. The van der Waals surface area contributed by atoms with Crippen LogP contribution in [0.15, 0.2) is 65.3 Å². The summed E-state index contributed by atoms with van der Waals surface area (Å²) in [7, 11) is 4.78. The number of hydrogen-bond donors (Lipinski definition) is 0. The maximum atomic E-state index is 13.6. The molecule has 11 nitrogen and oxygen atoms in total. The van der Waals surface area contributed by atoms with Crippen LogP contribution in [0.4, 0.5) is 0 Å². The van der Waals surface area contributed by atoms with Crippen molar-refractivity contribution in [2.75, 3.05) is 21.3 Å². The Labute approximate surface area is 242 Å². The van der Waals surface area contributed by atoms with Crippen LogP contribution in [0.3, 0.4) is 0 Å². The van der Waals surface area contributed by atoms with Gasteiger partial charge in [0, 0.05) is 29.9 Å². The molecule has 2 aromatic heterocycles. The molecule has 2 aromatic carbocycles. The van der Waals surface area contributed by atoms with Gasteiger partial charge in [0.05, 0.1) is 33.1 Å². The van der Waals surface area contributed by atoms with Gasteiger partial charge in [0.15, 0.2) is 35.4 Å². The number of hydrogen-bond acceptors (Lipinski definition) is 10. The molecule has 0 fully saturated rings. The molecule has 2 aliphatic rings. The first-order chi connectivity index (χ1) is 20.3. The summed E-state index contributed by atoms with van der Waals surface area (Å²) in [5, 5.41) is 8.62. The van der Waals surface area contributed by atoms with Crippen LogP contribution in [0, 0.1) is 5.41 Å². The Kier molecular flexibility index (Phi) is 7.01. The predicted octanol–water partition coefficient (Wildman–Crippen LogP) is 4.87. The van der Waals surface area contributed by atoms with E-state index >= 15 is 0 Å². The molecule has 216 valence electrons. The summed E-state index contributed by atoms with van der Waals surface area (Å²) >= 11 is 0. The largest absolute Gasteiger partial charge is 0.497 e. The predicted molar refractivity (Wildman–Crippen MR) is 153 cm³/mol. The van der Waals surface area contributed by atoms with E-state index in [1.54, 1.807) is 50.5 Å². The number of aromatic nitrogens is 4. The van der Waals surface area contributed by atoms with Crippen molar-refractivity contribution in [1.82, 2.24) is 19.6 Å². The van der Waals surface area contributed by atoms with Crippen molar-refractivity contribution in [2.45, 2.75) is 39.2 Å². The lowest BCUT2D eigenvalue weighted by atomic mass is 9.70. The van der Waals surface area contributed by atoms with Crippen molar-refractivity contribution < 1.29 is 28.6 Å². The maximum Gasteiger partial charge on any atom is 0.228 e. The van der Waals surface area contributed by atoms with Crippen LogP contribution < -0.4 is 18.9 Å². The topological polar surface area (TPSA) is 119 Å². The Morgan fingerprint density at radius 1 is 1.05 bits per heavy atom. The second-order valence-electron chi connectivity index (χ2n) is 11.0. The summed E-state index contributed by atoms with van der Waals surface area (Å²) in [6.45, 7) is 4.17. The normalized spacial score (nSPS) is 17.5. The number of benzene rings is 2. The number of nitrogens with zero attached hydrogens (tertiary/aromatic N) is 5. The van der Waals surface area contributed by atoms with Crippen LogP contribution in [0.1, 0.15) is 55.1 Å². The molecule has 0 radical (unpaired) electrons. The number of fused-ring (bicyclic) bond motifs is 3. The zero-order valence-electron chi connectivity index (χ0n) is 24.1. The first-order valence-electron chi connectivity index (χ1n) is 13.5. The molecule has 0 amide bonds. The smallest absolute Gasteiger partial charge is 0.228 e. The molecule has 6 rings (SSSR count). The molecule has 4 aromatic rings. The Morgan fingerprint density at radius 2 is 1.83 bits per heavy atom. The van der Waals surface area contributed by atoms with Gasteiger partial charge in [0.1, 0.15) is 17.8 Å². The van der Waals surface area contributed by atoms with Crippen molar-refractivity contribution in [1.29, 1.82) is 0 Å². The van der Waals surface area contributed by atoms with E-state index in [9.17, 15) is 4.79 Å². The number of Topliss-reactive ketones (excluding diaryl/α,β-unsaturated/α-hetero) is 1. The number of ether oxygens (including phenoxy) is 4. The summed E-state index contributed by atoms with van der Waals surface area (Å²) in [6, 6.07) is 13.1. The first kappa shape index (κ1) is 27.3. The van der Waals surface area contributed by atoms with E-state index in [4.69, 9.17) is 28.8 Å². The van der Waals surface area contributed by atoms with E-state index < -0.39 is 5.92 Å². The SMILES string of the molecule is COc1ccc([C@H]2C3=C(CC(C)(C)CC3=O)Oc3ncn4nc(CO/N=C\c5ccc(OC)c(OC)c5)nc4c32)cc1. The summed E-state index contributed by atoms with van der Waals surface area (Å²) in [5.41, 5.74) is 3.34. The fourth-order valence-corrected chi connectivity index (χ4v) is 5.51. The van der Waals surface area contributed by atoms with Crippen LogP contribution in [0.25, 0.3) is 5.65 Å². The second-order valence-corrected chi connectivity index (χ2v) is 11.0. The van der Waals surface area contributed by atoms with Gasteiger partial charge in [-0.05, 0) is 41.3 Å². The summed E-state index contributed by atoms with van der Waals surface area (Å²) in [4.78, 5) is 28.4. The van der Waals surface area contributed by atoms with E-state index in [1.807, 2.05) is 30.3 Å². The summed E-state index contributed by atoms with van der Waals surface area (Å²) in [5.74, 6) is 3.06. The van der Waals surface area contributed by atoms with Gasteiger partial charge in [-0.15, -0.1) is 5.10 Å². The molecular formula is C31H31N5O6. The van der Waals surface area contributed by atoms with Gasteiger partial charge in [0.2, 0.25) is 5.88 Å². The Balaban J connectivity index is 1.33. The third kappa shape index (κ3) is 5.02. The molecule has 0 N–H and O–H groups in total. The molecule has 0 saturated heterocycles. The number of carbonyl (C=O) groups excluding carboxylic acids is 1. The Hall–Kier alpha value is -4.93. The minimum Gasteiger partial charge on any atom is -0.497 e. The van der Waals surface area contributed by atoms with Crippen LogP contribution in [-0.4, -0.2) is 52.9 Å². The fraction of sp³-hybridized carbons (Fsp3) is 0.323. The van der Waals surface area contributed by atoms with Crippen molar-refractivity contribution >= 4 is 17.6 Å². The molecule has 11 heteroatoms. The molecule has 0 saturated carbocycles. The molecular weight excluding hydrogens is 538 g/mol. The van der Waals surface area contributed by atoms with Crippen molar-refractivity contribution in [3.8, 4) is 23.1 Å². The molecule has 1 atom stereocenters. The molecule has 0 unspecified atom stereocenters. The van der Waals surface area contributed by atoms with Crippen molar-refractivity contribution in [2.24, 2.45) is 10.6 Å². The van der Waals surface area contributed by atoms with E-state index in [2.05, 4.69) is 29.1 Å². The monoisotopic (exact) mass is 569 g/mol. The van der Waals surface area contributed by atoms with Crippen LogP contribution in [-0.2, 0) is 16.2 Å². The quantitative estimate of drug-likeness (QED) is 0.216. The fourth-order valence-electron chi connectivity index (χ4n) is 5.51. The highest BCUT2D eigenvalue weighted by atomic mass is 16.6. The van der Waals surface area contributed by atoms with Gasteiger partial charge in [-0.3, -0.25) is 4.79 Å². The van der Waals surface area contributed by atoms with E-state index in [0.717, 1.165) is 16.9 Å². The molecule has 3 heterocycles. The number of ketones is 1. The van der Waals surface area contributed by atoms with Gasteiger partial charge in [-0.25, -0.2) is 14.5 Å². The van der Waals surface area contributed by atoms with Gasteiger partial charge in [-0.1, -0.05) is 31.1 Å². The third-order valence-corrected chi connectivity index (χ3v) is 7.43. The number of oxime groups is 1. The highest BCUT2D eigenvalue weighted by molar-refractivity contribution is 6.00. The average molecular weight is 570 g/mol. The first-order valence-corrected chi connectivity index (χ1v) is 13.5. The minimum absolute atomic E-state index is 0.0232. The third-order valence-electron chi connectivity index (χ3n) is 7.43. The zero-order chi connectivity index (χ0) is 29.4. The number of methoxy groups -OCH3 is 3.